The maximum absolute atomic E-state index is 12.7. The predicted octanol–water partition coefficient (Wildman–Crippen LogP) is 2.63. The average Bonchev–Trinajstić information content (AvgIpc) is 3.14. The van der Waals surface area contributed by atoms with Crippen molar-refractivity contribution in [2.24, 2.45) is 0 Å². The Hall–Kier alpha value is -2.15. The van der Waals surface area contributed by atoms with E-state index in [2.05, 4.69) is 21.0 Å². The second-order valence-electron chi connectivity index (χ2n) is 5.54. The van der Waals surface area contributed by atoms with E-state index in [9.17, 15) is 14.7 Å². The number of nitrogens with zero attached hydrogens (tertiary/aromatic N) is 3. The van der Waals surface area contributed by atoms with E-state index < -0.39 is 12.0 Å². The van der Waals surface area contributed by atoms with Gasteiger partial charge in [0.15, 0.2) is 0 Å². The summed E-state index contributed by atoms with van der Waals surface area (Å²) in [6.45, 7) is 2.23. The topological polar surface area (TPSA) is 75.4 Å². The van der Waals surface area contributed by atoms with Crippen molar-refractivity contribution in [3.05, 3.63) is 46.2 Å². The Labute approximate surface area is 141 Å². The molecule has 1 atom stereocenters. The quantitative estimate of drug-likeness (QED) is 0.891. The Morgan fingerprint density at radius 3 is 2.65 bits per heavy atom. The largest absolute Gasteiger partial charge is 0.480 e. The average molecular weight is 378 g/mol. The number of hydrogen-bond acceptors (Lipinski definition) is 3. The number of carbonyl (C=O) groups excluding carboxylic acids is 1. The zero-order valence-corrected chi connectivity index (χ0v) is 14.2. The van der Waals surface area contributed by atoms with Crippen LogP contribution in [0.2, 0.25) is 0 Å². The van der Waals surface area contributed by atoms with Crippen molar-refractivity contribution in [2.75, 3.05) is 6.54 Å². The third kappa shape index (κ3) is 3.01. The first kappa shape index (κ1) is 15.7. The number of amides is 1. The molecule has 0 saturated carbocycles. The van der Waals surface area contributed by atoms with Crippen LogP contribution in [0.3, 0.4) is 0 Å². The zero-order chi connectivity index (χ0) is 16.6. The van der Waals surface area contributed by atoms with Gasteiger partial charge in [-0.3, -0.25) is 4.79 Å². The van der Waals surface area contributed by atoms with Crippen LogP contribution in [0.25, 0.3) is 5.69 Å². The zero-order valence-electron chi connectivity index (χ0n) is 12.6. The molecular weight excluding hydrogens is 362 g/mol. The van der Waals surface area contributed by atoms with Gasteiger partial charge < -0.3 is 10.0 Å². The smallest absolute Gasteiger partial charge is 0.326 e. The van der Waals surface area contributed by atoms with Crippen LogP contribution in [0.5, 0.6) is 0 Å². The number of aromatic nitrogens is 2. The molecule has 1 aromatic carbocycles. The van der Waals surface area contributed by atoms with E-state index in [4.69, 9.17) is 0 Å². The molecule has 1 aliphatic rings. The van der Waals surface area contributed by atoms with E-state index in [-0.39, 0.29) is 5.91 Å². The maximum Gasteiger partial charge on any atom is 0.326 e. The molecule has 0 radical (unpaired) electrons. The highest BCUT2D eigenvalue weighted by Crippen LogP contribution is 2.22. The number of carboxylic acid groups (broad SMARTS) is 1. The summed E-state index contributed by atoms with van der Waals surface area (Å²) >= 11 is 3.38. The van der Waals surface area contributed by atoms with Crippen LogP contribution in [0.1, 0.15) is 28.9 Å². The van der Waals surface area contributed by atoms with Crippen molar-refractivity contribution < 1.29 is 14.7 Å². The number of halogens is 1. The minimum absolute atomic E-state index is 0.268. The minimum Gasteiger partial charge on any atom is -0.480 e. The van der Waals surface area contributed by atoms with Crippen LogP contribution >= 0.6 is 15.9 Å². The molecule has 7 heteroatoms. The molecule has 1 saturated heterocycles. The lowest BCUT2D eigenvalue weighted by Gasteiger charge is -2.20. The molecule has 1 N–H and O–H groups in total. The molecule has 1 aliphatic heterocycles. The molecule has 120 valence electrons. The van der Waals surface area contributed by atoms with Crippen molar-refractivity contribution in [2.45, 2.75) is 25.8 Å². The van der Waals surface area contributed by atoms with Gasteiger partial charge >= 0.3 is 5.97 Å². The Bertz CT molecular complexity index is 754. The van der Waals surface area contributed by atoms with Gasteiger partial charge in [0.2, 0.25) is 0 Å². The molecule has 23 heavy (non-hydrogen) atoms. The van der Waals surface area contributed by atoms with E-state index in [0.717, 1.165) is 10.2 Å². The number of hydrogen-bond donors (Lipinski definition) is 1. The van der Waals surface area contributed by atoms with Gasteiger partial charge in [-0.25, -0.2) is 9.48 Å². The summed E-state index contributed by atoms with van der Waals surface area (Å²) in [5.74, 6) is -1.22. The van der Waals surface area contributed by atoms with E-state index in [1.807, 2.05) is 24.3 Å². The molecule has 0 unspecified atom stereocenters. The standard InChI is InChI=1S/C16H16BrN3O3/c1-10-13(15(21)19-8-2-3-14(19)16(22)23)9-20(18-10)12-6-4-11(17)5-7-12/h4-7,9,14H,2-3,8H2,1H3,(H,22,23)/t14-/m1/s1. The second kappa shape index (κ2) is 6.16. The van der Waals surface area contributed by atoms with Gasteiger partial charge in [0.1, 0.15) is 6.04 Å². The highest BCUT2D eigenvalue weighted by atomic mass is 79.9. The summed E-state index contributed by atoms with van der Waals surface area (Å²) in [7, 11) is 0. The fraction of sp³-hybridized carbons (Fsp3) is 0.312. The summed E-state index contributed by atoms with van der Waals surface area (Å²) in [5.41, 5.74) is 1.88. The predicted molar refractivity (Wildman–Crippen MR) is 87.7 cm³/mol. The Morgan fingerprint density at radius 1 is 1.30 bits per heavy atom. The first-order valence-corrected chi connectivity index (χ1v) is 8.12. The maximum atomic E-state index is 12.7. The van der Waals surface area contributed by atoms with Gasteiger partial charge in [-0.05, 0) is 44.0 Å². The summed E-state index contributed by atoms with van der Waals surface area (Å²) in [6.07, 6.45) is 2.88. The monoisotopic (exact) mass is 377 g/mol. The van der Waals surface area contributed by atoms with Crippen molar-refractivity contribution >= 4 is 27.8 Å². The van der Waals surface area contributed by atoms with Crippen molar-refractivity contribution in [1.29, 1.82) is 0 Å². The molecule has 2 aromatic rings. The van der Waals surface area contributed by atoms with E-state index in [0.29, 0.717) is 30.6 Å². The highest BCUT2D eigenvalue weighted by Gasteiger charge is 2.35. The number of aliphatic carboxylic acids is 1. The van der Waals surface area contributed by atoms with Crippen LogP contribution in [0.4, 0.5) is 0 Å². The number of carboxylic acids is 1. The lowest BCUT2D eigenvalue weighted by Crippen LogP contribution is -2.40. The third-order valence-corrected chi connectivity index (χ3v) is 4.55. The normalized spacial score (nSPS) is 17.5. The number of carbonyl (C=O) groups is 2. The lowest BCUT2D eigenvalue weighted by molar-refractivity contribution is -0.141. The molecule has 1 aromatic heterocycles. The molecule has 2 heterocycles. The molecule has 0 spiro atoms. The molecule has 1 amide bonds. The number of rotatable bonds is 3. The highest BCUT2D eigenvalue weighted by molar-refractivity contribution is 9.10. The molecule has 0 aliphatic carbocycles. The third-order valence-electron chi connectivity index (χ3n) is 4.02. The minimum atomic E-state index is -0.950. The number of likely N-dealkylation sites (tertiary alicyclic amines) is 1. The second-order valence-corrected chi connectivity index (χ2v) is 6.46. The fourth-order valence-electron chi connectivity index (χ4n) is 2.82. The fourth-order valence-corrected chi connectivity index (χ4v) is 3.08. The number of benzene rings is 1. The number of aryl methyl sites for hydroxylation is 1. The van der Waals surface area contributed by atoms with Gasteiger partial charge in [0.25, 0.3) is 5.91 Å². The molecule has 3 rings (SSSR count). The Morgan fingerprint density at radius 2 is 2.00 bits per heavy atom. The Kier molecular flexibility index (Phi) is 4.21. The first-order chi connectivity index (χ1) is 11.0. The van der Waals surface area contributed by atoms with Crippen LogP contribution in [-0.4, -0.2) is 44.3 Å². The lowest BCUT2D eigenvalue weighted by atomic mass is 10.2. The first-order valence-electron chi connectivity index (χ1n) is 7.33. The van der Waals surface area contributed by atoms with E-state index in [1.54, 1.807) is 17.8 Å². The van der Waals surface area contributed by atoms with Crippen molar-refractivity contribution in [1.82, 2.24) is 14.7 Å². The molecular formula is C16H16BrN3O3. The van der Waals surface area contributed by atoms with E-state index >= 15 is 0 Å². The van der Waals surface area contributed by atoms with Crippen LogP contribution in [0, 0.1) is 6.92 Å². The SMILES string of the molecule is Cc1nn(-c2ccc(Br)cc2)cc1C(=O)N1CCC[C@@H]1C(=O)O. The van der Waals surface area contributed by atoms with Gasteiger partial charge in [-0.1, -0.05) is 15.9 Å². The summed E-state index contributed by atoms with van der Waals surface area (Å²) in [6, 6.07) is 6.84. The summed E-state index contributed by atoms with van der Waals surface area (Å²) in [5, 5.41) is 13.6. The van der Waals surface area contributed by atoms with Gasteiger partial charge in [-0.2, -0.15) is 5.10 Å². The Balaban J connectivity index is 1.90. The summed E-state index contributed by atoms with van der Waals surface area (Å²) < 4.78 is 2.60. The van der Waals surface area contributed by atoms with Crippen LogP contribution < -0.4 is 0 Å². The van der Waals surface area contributed by atoms with E-state index in [1.165, 1.54) is 4.90 Å². The van der Waals surface area contributed by atoms with Gasteiger partial charge in [0.05, 0.1) is 16.9 Å². The molecule has 6 nitrogen and oxygen atoms in total. The van der Waals surface area contributed by atoms with Crippen molar-refractivity contribution in [3.63, 3.8) is 0 Å². The van der Waals surface area contributed by atoms with Gasteiger partial charge in [0, 0.05) is 17.2 Å². The van der Waals surface area contributed by atoms with Crippen LogP contribution in [-0.2, 0) is 4.79 Å². The summed E-state index contributed by atoms with van der Waals surface area (Å²) in [4.78, 5) is 25.4. The van der Waals surface area contributed by atoms with Gasteiger partial charge in [-0.15, -0.1) is 0 Å². The van der Waals surface area contributed by atoms with Crippen LogP contribution in [0.15, 0.2) is 34.9 Å². The molecule has 1 fully saturated rings. The van der Waals surface area contributed by atoms with Crippen molar-refractivity contribution in [3.8, 4) is 5.69 Å². The molecule has 0 bridgehead atoms.